The van der Waals surface area contributed by atoms with E-state index in [0.29, 0.717) is 17.5 Å². The van der Waals surface area contributed by atoms with Crippen LogP contribution in [-0.4, -0.2) is 31.6 Å². The highest BCUT2D eigenvalue weighted by molar-refractivity contribution is 5.66. The molecule has 7 heteroatoms. The van der Waals surface area contributed by atoms with E-state index in [1.54, 1.807) is 30.4 Å². The Bertz CT molecular complexity index is 769. The third-order valence-corrected chi connectivity index (χ3v) is 2.97. The number of nitrogen functional groups attached to an aromatic ring is 1. The number of hydrogen-bond donors (Lipinski definition) is 1. The maximum atomic E-state index is 5.80. The van der Waals surface area contributed by atoms with Crippen molar-refractivity contribution in [1.29, 1.82) is 0 Å². The van der Waals surface area contributed by atoms with Gasteiger partial charge in [0.25, 0.3) is 0 Å². The van der Waals surface area contributed by atoms with Crippen molar-refractivity contribution in [3.63, 3.8) is 0 Å². The number of nitrogens with two attached hydrogens (primary N) is 1. The second kappa shape index (κ2) is 5.20. The molecule has 0 aliphatic carbocycles. The van der Waals surface area contributed by atoms with E-state index in [0.717, 1.165) is 11.1 Å². The lowest BCUT2D eigenvalue weighted by Gasteiger charge is -2.10. The minimum absolute atomic E-state index is 0.146. The van der Waals surface area contributed by atoms with Crippen molar-refractivity contribution in [2.24, 2.45) is 0 Å². The molecule has 0 spiro atoms. The fourth-order valence-electron chi connectivity index (χ4n) is 1.99. The zero-order chi connectivity index (χ0) is 14.8. The van der Waals surface area contributed by atoms with Crippen molar-refractivity contribution >= 4 is 5.95 Å². The molecule has 0 saturated heterocycles. The minimum Gasteiger partial charge on any atom is -0.496 e. The van der Waals surface area contributed by atoms with E-state index < -0.39 is 0 Å². The summed E-state index contributed by atoms with van der Waals surface area (Å²) in [6.45, 7) is 1.99. The summed E-state index contributed by atoms with van der Waals surface area (Å²) in [6.07, 6.45) is 4.99. The summed E-state index contributed by atoms with van der Waals surface area (Å²) in [6, 6.07) is 5.79. The quantitative estimate of drug-likeness (QED) is 0.785. The summed E-state index contributed by atoms with van der Waals surface area (Å²) in [7, 11) is 1.61. The van der Waals surface area contributed by atoms with E-state index in [-0.39, 0.29) is 5.95 Å². The third kappa shape index (κ3) is 2.53. The second-order valence-electron chi connectivity index (χ2n) is 4.49. The van der Waals surface area contributed by atoms with Crippen LogP contribution in [-0.2, 0) is 0 Å². The maximum absolute atomic E-state index is 5.80. The molecule has 106 valence electrons. The summed E-state index contributed by atoms with van der Waals surface area (Å²) in [5.74, 6) is 1.71. The molecule has 2 N–H and O–H groups in total. The summed E-state index contributed by atoms with van der Waals surface area (Å²) in [5, 5.41) is 0. The topological polar surface area (TPSA) is 91.7 Å². The molecule has 0 atom stereocenters. The summed E-state index contributed by atoms with van der Waals surface area (Å²) >= 11 is 0. The molecule has 0 unspecified atom stereocenters. The predicted molar refractivity (Wildman–Crippen MR) is 78.1 cm³/mol. The van der Waals surface area contributed by atoms with E-state index in [1.807, 2.05) is 25.1 Å². The van der Waals surface area contributed by atoms with Gasteiger partial charge in [-0.2, -0.15) is 15.0 Å². The molecule has 21 heavy (non-hydrogen) atoms. The Kier molecular flexibility index (Phi) is 3.23. The molecule has 0 aliphatic heterocycles. The Hall–Kier alpha value is -2.96. The molecule has 0 radical (unpaired) electrons. The minimum atomic E-state index is 0.146. The summed E-state index contributed by atoms with van der Waals surface area (Å²) in [4.78, 5) is 16.7. The smallest absolute Gasteiger partial charge is 0.240 e. The average molecular weight is 282 g/mol. The first-order chi connectivity index (χ1) is 10.2. The maximum Gasteiger partial charge on any atom is 0.240 e. The van der Waals surface area contributed by atoms with Crippen LogP contribution in [0, 0.1) is 6.92 Å². The van der Waals surface area contributed by atoms with Gasteiger partial charge in [-0.25, -0.2) is 4.98 Å². The van der Waals surface area contributed by atoms with Gasteiger partial charge in [-0.3, -0.25) is 4.57 Å². The van der Waals surface area contributed by atoms with Gasteiger partial charge >= 0.3 is 0 Å². The number of imidazole rings is 1. The van der Waals surface area contributed by atoms with Crippen molar-refractivity contribution in [3.05, 3.63) is 42.5 Å². The van der Waals surface area contributed by atoms with Gasteiger partial charge in [0.1, 0.15) is 12.1 Å². The summed E-state index contributed by atoms with van der Waals surface area (Å²) < 4.78 is 7.04. The van der Waals surface area contributed by atoms with Gasteiger partial charge in [0.05, 0.1) is 12.7 Å². The highest BCUT2D eigenvalue weighted by atomic mass is 16.5. The van der Waals surface area contributed by atoms with E-state index >= 15 is 0 Å². The number of aryl methyl sites for hydroxylation is 1. The second-order valence-corrected chi connectivity index (χ2v) is 4.49. The van der Waals surface area contributed by atoms with Crippen LogP contribution in [0.25, 0.3) is 17.3 Å². The van der Waals surface area contributed by atoms with Crippen molar-refractivity contribution in [2.75, 3.05) is 12.8 Å². The van der Waals surface area contributed by atoms with Crippen LogP contribution in [0.3, 0.4) is 0 Å². The molecular formula is C14H14N6O. The van der Waals surface area contributed by atoms with Crippen molar-refractivity contribution in [3.8, 4) is 23.1 Å². The Balaban J connectivity index is 2.17. The molecule has 2 heterocycles. The Labute approximate surface area is 121 Å². The van der Waals surface area contributed by atoms with E-state index in [1.165, 1.54) is 0 Å². The van der Waals surface area contributed by atoms with Gasteiger partial charge in [0.15, 0.2) is 5.82 Å². The lowest BCUT2D eigenvalue weighted by Crippen LogP contribution is -2.07. The Morgan fingerprint density at radius 2 is 2.05 bits per heavy atom. The van der Waals surface area contributed by atoms with E-state index in [2.05, 4.69) is 19.9 Å². The van der Waals surface area contributed by atoms with Gasteiger partial charge in [-0.15, -0.1) is 0 Å². The van der Waals surface area contributed by atoms with E-state index in [9.17, 15) is 0 Å². The molecule has 0 saturated carbocycles. The van der Waals surface area contributed by atoms with Crippen LogP contribution in [0.5, 0.6) is 5.75 Å². The number of rotatable bonds is 3. The highest BCUT2D eigenvalue weighted by Gasteiger charge is 2.13. The van der Waals surface area contributed by atoms with Crippen LogP contribution >= 0.6 is 0 Å². The lowest BCUT2D eigenvalue weighted by molar-refractivity contribution is 0.416. The van der Waals surface area contributed by atoms with Gasteiger partial charge in [0, 0.05) is 12.4 Å². The molecule has 3 aromatic rings. The van der Waals surface area contributed by atoms with Crippen LogP contribution in [0.4, 0.5) is 5.95 Å². The number of benzene rings is 1. The SMILES string of the molecule is COc1ccc(C)cc1-c1nc(N)nc(-n2ccnc2)n1. The summed E-state index contributed by atoms with van der Waals surface area (Å²) in [5.41, 5.74) is 7.64. The number of ether oxygens (including phenoxy) is 1. The largest absolute Gasteiger partial charge is 0.496 e. The number of hydrogen-bond acceptors (Lipinski definition) is 6. The number of aromatic nitrogens is 5. The van der Waals surface area contributed by atoms with Crippen LogP contribution in [0.15, 0.2) is 36.9 Å². The monoisotopic (exact) mass is 282 g/mol. The van der Waals surface area contributed by atoms with Crippen LogP contribution in [0.2, 0.25) is 0 Å². The zero-order valence-electron chi connectivity index (χ0n) is 11.7. The average Bonchev–Trinajstić information content (AvgIpc) is 3.01. The molecule has 0 amide bonds. The number of methoxy groups -OCH3 is 1. The normalized spacial score (nSPS) is 10.6. The first-order valence-corrected chi connectivity index (χ1v) is 6.32. The zero-order valence-corrected chi connectivity index (χ0v) is 11.7. The molecule has 2 aromatic heterocycles. The third-order valence-electron chi connectivity index (χ3n) is 2.97. The Morgan fingerprint density at radius 3 is 2.76 bits per heavy atom. The van der Waals surface area contributed by atoms with Gasteiger partial charge in [-0.05, 0) is 19.1 Å². The molecule has 0 aliphatic rings. The molecule has 1 aromatic carbocycles. The van der Waals surface area contributed by atoms with Gasteiger partial charge in [0.2, 0.25) is 11.9 Å². The van der Waals surface area contributed by atoms with Crippen molar-refractivity contribution in [2.45, 2.75) is 6.92 Å². The fraction of sp³-hybridized carbons (Fsp3) is 0.143. The highest BCUT2D eigenvalue weighted by Crippen LogP contribution is 2.28. The molecule has 3 rings (SSSR count). The predicted octanol–water partition coefficient (Wildman–Crippen LogP) is 1.62. The Morgan fingerprint density at radius 1 is 1.19 bits per heavy atom. The van der Waals surface area contributed by atoms with Crippen molar-refractivity contribution in [1.82, 2.24) is 24.5 Å². The molecular weight excluding hydrogens is 268 g/mol. The van der Waals surface area contributed by atoms with Gasteiger partial charge in [-0.1, -0.05) is 11.6 Å². The first kappa shape index (κ1) is 13.0. The van der Waals surface area contributed by atoms with Crippen LogP contribution in [0.1, 0.15) is 5.56 Å². The van der Waals surface area contributed by atoms with E-state index in [4.69, 9.17) is 10.5 Å². The number of anilines is 1. The molecule has 0 fully saturated rings. The molecule has 0 bridgehead atoms. The van der Waals surface area contributed by atoms with Crippen molar-refractivity contribution < 1.29 is 4.74 Å². The fourth-order valence-corrected chi connectivity index (χ4v) is 1.99. The number of nitrogens with zero attached hydrogens (tertiary/aromatic N) is 5. The molecule has 7 nitrogen and oxygen atoms in total. The lowest BCUT2D eigenvalue weighted by atomic mass is 10.1. The first-order valence-electron chi connectivity index (χ1n) is 6.32. The van der Waals surface area contributed by atoms with Gasteiger partial charge < -0.3 is 10.5 Å². The standard InChI is InChI=1S/C14H14N6O/c1-9-3-4-11(21-2)10(7-9)12-17-13(15)19-14(18-12)20-6-5-16-8-20/h3-8H,1-2H3,(H2,15,17,18,19). The van der Waals surface area contributed by atoms with Crippen LogP contribution < -0.4 is 10.5 Å².